The van der Waals surface area contributed by atoms with Gasteiger partial charge in [-0.05, 0) is 12.8 Å². The highest BCUT2D eigenvalue weighted by Crippen LogP contribution is 2.33. The first-order valence-corrected chi connectivity index (χ1v) is 8.80. The molecule has 25 heavy (non-hydrogen) atoms. The average Bonchev–Trinajstić information content (AvgIpc) is 2.94. The van der Waals surface area contributed by atoms with Crippen LogP contribution < -0.4 is 5.32 Å². The lowest BCUT2D eigenvalue weighted by molar-refractivity contribution is -0.122. The van der Waals surface area contributed by atoms with E-state index in [0.29, 0.717) is 32.1 Å². The fourth-order valence-electron chi connectivity index (χ4n) is 3.84. The predicted octanol–water partition coefficient (Wildman–Crippen LogP) is -0.279. The zero-order valence-corrected chi connectivity index (χ0v) is 15.0. The number of hydrogen-bond acceptors (Lipinski definition) is 5. The summed E-state index contributed by atoms with van der Waals surface area (Å²) in [5, 5.41) is 2.68. The van der Waals surface area contributed by atoms with E-state index in [1.54, 1.807) is 24.0 Å². The van der Waals surface area contributed by atoms with E-state index < -0.39 is 0 Å². The molecule has 8 heteroatoms. The van der Waals surface area contributed by atoms with E-state index in [1.807, 2.05) is 11.9 Å². The lowest BCUT2D eigenvalue weighted by Gasteiger charge is -2.43. The maximum absolute atomic E-state index is 12.8. The number of nitrogens with zero attached hydrogens (tertiary/aromatic N) is 4. The first-order valence-electron chi connectivity index (χ1n) is 8.80. The van der Waals surface area contributed by atoms with Crippen LogP contribution in [-0.4, -0.2) is 84.2 Å². The van der Waals surface area contributed by atoms with Crippen molar-refractivity contribution in [1.82, 2.24) is 24.7 Å². The second kappa shape index (κ2) is 7.53. The number of rotatable bonds is 3. The number of aromatic nitrogens is 2. The second-order valence-electron chi connectivity index (χ2n) is 7.13. The molecule has 1 aromatic rings. The lowest BCUT2D eigenvalue weighted by Crippen LogP contribution is -2.53. The van der Waals surface area contributed by atoms with Gasteiger partial charge in [0.05, 0.1) is 19.8 Å². The van der Waals surface area contributed by atoms with Gasteiger partial charge in [0, 0.05) is 58.1 Å². The van der Waals surface area contributed by atoms with Gasteiger partial charge in [0.15, 0.2) is 5.82 Å². The number of nitrogens with one attached hydrogen (secondary N) is 1. The van der Waals surface area contributed by atoms with Crippen LogP contribution >= 0.6 is 0 Å². The molecule has 3 rings (SSSR count). The molecular weight excluding hydrogens is 322 g/mol. The summed E-state index contributed by atoms with van der Waals surface area (Å²) in [6.45, 7) is 4.50. The number of likely N-dealkylation sites (tertiary alicyclic amines) is 1. The van der Waals surface area contributed by atoms with Gasteiger partial charge in [0.2, 0.25) is 5.91 Å². The summed E-state index contributed by atoms with van der Waals surface area (Å²) in [7, 11) is 3.49. The summed E-state index contributed by atoms with van der Waals surface area (Å²) in [5.41, 5.74) is -0.121. The van der Waals surface area contributed by atoms with Gasteiger partial charge >= 0.3 is 0 Å². The summed E-state index contributed by atoms with van der Waals surface area (Å²) in [4.78, 5) is 32.8. The second-order valence-corrected chi connectivity index (χ2v) is 7.13. The number of ether oxygens (including phenoxy) is 1. The van der Waals surface area contributed by atoms with Crippen molar-refractivity contribution in [3.05, 3.63) is 18.2 Å². The summed E-state index contributed by atoms with van der Waals surface area (Å²) in [6, 6.07) is 0. The first-order chi connectivity index (χ1) is 12.0. The summed E-state index contributed by atoms with van der Waals surface area (Å²) in [6.07, 6.45) is 5.37. The predicted molar refractivity (Wildman–Crippen MR) is 92.1 cm³/mol. The van der Waals surface area contributed by atoms with Crippen molar-refractivity contribution < 1.29 is 14.3 Å². The Kier molecular flexibility index (Phi) is 5.39. The Morgan fingerprint density at radius 1 is 1.36 bits per heavy atom. The fraction of sp³-hybridized carbons (Fsp3) is 0.706. The Hall–Kier alpha value is -1.93. The molecule has 8 nitrogen and oxygen atoms in total. The SMILES string of the molecule is CNC(=O)CN1CCOCC2(CCCN(C(=O)c3nccn3C)C2)C1. The molecule has 0 aromatic carbocycles. The first kappa shape index (κ1) is 17.9. The third-order valence-electron chi connectivity index (χ3n) is 5.13. The minimum absolute atomic E-state index is 0.00815. The number of carbonyl (C=O) groups is 2. The Labute approximate surface area is 148 Å². The summed E-state index contributed by atoms with van der Waals surface area (Å²) < 4.78 is 7.60. The summed E-state index contributed by atoms with van der Waals surface area (Å²) in [5.74, 6) is 0.441. The largest absolute Gasteiger partial charge is 0.379 e. The molecule has 0 aliphatic carbocycles. The molecule has 2 aliphatic heterocycles. The third kappa shape index (κ3) is 4.01. The highest BCUT2D eigenvalue weighted by molar-refractivity contribution is 5.90. The number of amides is 2. The highest BCUT2D eigenvalue weighted by Gasteiger charge is 2.41. The van der Waals surface area contributed by atoms with Crippen molar-refractivity contribution >= 4 is 11.8 Å². The minimum Gasteiger partial charge on any atom is -0.379 e. The Bertz CT molecular complexity index is 632. The molecule has 1 atom stereocenters. The average molecular weight is 349 g/mol. The van der Waals surface area contributed by atoms with Crippen molar-refractivity contribution in [3.8, 4) is 0 Å². The molecule has 1 N–H and O–H groups in total. The van der Waals surface area contributed by atoms with Crippen LogP contribution in [0.2, 0.25) is 0 Å². The van der Waals surface area contributed by atoms with E-state index in [2.05, 4.69) is 15.2 Å². The molecular formula is C17H27N5O3. The van der Waals surface area contributed by atoms with Crippen molar-refractivity contribution in [2.75, 3.05) is 53.0 Å². The van der Waals surface area contributed by atoms with Crippen LogP contribution in [0, 0.1) is 5.41 Å². The van der Waals surface area contributed by atoms with Crippen LogP contribution in [0.4, 0.5) is 0 Å². The van der Waals surface area contributed by atoms with Gasteiger partial charge in [-0.1, -0.05) is 0 Å². The molecule has 138 valence electrons. The quantitative estimate of drug-likeness (QED) is 0.812. The van der Waals surface area contributed by atoms with Gasteiger partial charge in [-0.3, -0.25) is 14.5 Å². The number of piperidine rings is 1. The standard InChI is InChI=1S/C17H27N5O3/c1-18-14(23)10-21-8-9-25-13-17(11-21)4-3-6-22(12-17)16(24)15-19-5-7-20(15)2/h5,7H,3-4,6,8-13H2,1-2H3,(H,18,23). The molecule has 1 spiro atoms. The zero-order valence-electron chi connectivity index (χ0n) is 15.0. The van der Waals surface area contributed by atoms with E-state index in [0.717, 1.165) is 32.5 Å². The van der Waals surface area contributed by atoms with Crippen LogP contribution in [0.25, 0.3) is 0 Å². The van der Waals surface area contributed by atoms with Crippen molar-refractivity contribution in [2.24, 2.45) is 12.5 Å². The van der Waals surface area contributed by atoms with Crippen molar-refractivity contribution in [1.29, 1.82) is 0 Å². The number of aryl methyl sites for hydroxylation is 1. The van der Waals surface area contributed by atoms with Crippen LogP contribution in [0.1, 0.15) is 23.5 Å². The fourth-order valence-corrected chi connectivity index (χ4v) is 3.84. The van der Waals surface area contributed by atoms with Crippen molar-refractivity contribution in [3.63, 3.8) is 0 Å². The zero-order chi connectivity index (χ0) is 17.9. The molecule has 3 heterocycles. The monoisotopic (exact) mass is 349 g/mol. The number of imidazole rings is 1. The molecule has 1 unspecified atom stereocenters. The van der Waals surface area contributed by atoms with Gasteiger partial charge in [-0.15, -0.1) is 0 Å². The lowest BCUT2D eigenvalue weighted by atomic mass is 9.80. The highest BCUT2D eigenvalue weighted by atomic mass is 16.5. The van der Waals surface area contributed by atoms with E-state index in [-0.39, 0.29) is 17.2 Å². The summed E-state index contributed by atoms with van der Waals surface area (Å²) >= 11 is 0. The van der Waals surface area contributed by atoms with Crippen LogP contribution in [0.5, 0.6) is 0 Å². The Morgan fingerprint density at radius 3 is 2.92 bits per heavy atom. The number of carbonyl (C=O) groups excluding carboxylic acids is 2. The Balaban J connectivity index is 1.72. The van der Waals surface area contributed by atoms with Gasteiger partial charge in [-0.2, -0.15) is 0 Å². The van der Waals surface area contributed by atoms with Crippen LogP contribution in [0.15, 0.2) is 12.4 Å². The third-order valence-corrected chi connectivity index (χ3v) is 5.13. The Morgan fingerprint density at radius 2 is 2.20 bits per heavy atom. The molecule has 2 amide bonds. The molecule has 0 bridgehead atoms. The molecule has 1 aromatic heterocycles. The van der Waals surface area contributed by atoms with Gasteiger partial charge in [0.1, 0.15) is 0 Å². The molecule has 2 aliphatic rings. The van der Waals surface area contributed by atoms with E-state index >= 15 is 0 Å². The van der Waals surface area contributed by atoms with Crippen LogP contribution in [-0.2, 0) is 16.6 Å². The van der Waals surface area contributed by atoms with E-state index in [1.165, 1.54) is 0 Å². The van der Waals surface area contributed by atoms with Crippen LogP contribution in [0.3, 0.4) is 0 Å². The molecule has 0 radical (unpaired) electrons. The van der Waals surface area contributed by atoms with Crippen molar-refractivity contribution in [2.45, 2.75) is 12.8 Å². The smallest absolute Gasteiger partial charge is 0.289 e. The topological polar surface area (TPSA) is 79.7 Å². The van der Waals surface area contributed by atoms with E-state index in [9.17, 15) is 9.59 Å². The number of hydrogen-bond donors (Lipinski definition) is 1. The number of likely N-dealkylation sites (N-methyl/N-ethyl adjacent to an activating group) is 1. The maximum Gasteiger partial charge on any atom is 0.289 e. The normalized spacial score (nSPS) is 25.0. The minimum atomic E-state index is -0.121. The molecule has 2 fully saturated rings. The van der Waals surface area contributed by atoms with Gasteiger partial charge in [-0.25, -0.2) is 4.98 Å². The van der Waals surface area contributed by atoms with Gasteiger partial charge in [0.25, 0.3) is 5.91 Å². The molecule has 2 saturated heterocycles. The maximum atomic E-state index is 12.8. The van der Waals surface area contributed by atoms with E-state index in [4.69, 9.17) is 4.74 Å². The van der Waals surface area contributed by atoms with Gasteiger partial charge < -0.3 is 19.5 Å². The molecule has 0 saturated carbocycles.